The van der Waals surface area contributed by atoms with Gasteiger partial charge in [-0.2, -0.15) is 11.8 Å². The summed E-state index contributed by atoms with van der Waals surface area (Å²) >= 11 is 1.78. The first-order chi connectivity index (χ1) is 12.2. The van der Waals surface area contributed by atoms with Crippen molar-refractivity contribution in [2.45, 2.75) is 5.75 Å². The zero-order chi connectivity index (χ0) is 17.6. The van der Waals surface area contributed by atoms with Gasteiger partial charge in [0.2, 0.25) is 0 Å². The summed E-state index contributed by atoms with van der Waals surface area (Å²) in [5.74, 6) is 0.901. The maximum atomic E-state index is 12.4. The average Bonchev–Trinajstić information content (AvgIpc) is 2.64. The molecule has 0 saturated carbocycles. The number of hydrogen-bond donors (Lipinski definition) is 1. The number of carbonyl (C=O) groups excluding carboxylic acids is 1. The Morgan fingerprint density at radius 1 is 1.00 bits per heavy atom. The molecule has 0 radical (unpaired) electrons. The van der Waals surface area contributed by atoms with Crippen LogP contribution < -0.4 is 10.2 Å². The highest BCUT2D eigenvalue weighted by Crippen LogP contribution is 2.20. The fourth-order valence-electron chi connectivity index (χ4n) is 2.94. The molecule has 1 saturated heterocycles. The lowest BCUT2D eigenvalue weighted by Gasteiger charge is -2.34. The Bertz CT molecular complexity index is 692. The number of amides is 1. The van der Waals surface area contributed by atoms with Crippen molar-refractivity contribution in [3.05, 3.63) is 59.7 Å². The summed E-state index contributed by atoms with van der Waals surface area (Å²) in [4.78, 5) is 17.1. The lowest BCUT2D eigenvalue weighted by Crippen LogP contribution is -2.44. The third-order valence-electron chi connectivity index (χ3n) is 4.52. The van der Waals surface area contributed by atoms with Crippen LogP contribution in [0, 0.1) is 0 Å². The summed E-state index contributed by atoms with van der Waals surface area (Å²) in [5.41, 5.74) is 3.97. The van der Waals surface area contributed by atoms with E-state index >= 15 is 0 Å². The number of benzene rings is 2. The van der Waals surface area contributed by atoms with Crippen molar-refractivity contribution in [3.63, 3.8) is 0 Å². The van der Waals surface area contributed by atoms with Gasteiger partial charge in [-0.1, -0.05) is 12.1 Å². The van der Waals surface area contributed by atoms with E-state index in [1.807, 2.05) is 36.4 Å². The molecule has 1 amide bonds. The smallest absolute Gasteiger partial charge is 0.255 e. The van der Waals surface area contributed by atoms with Crippen molar-refractivity contribution >= 4 is 29.0 Å². The van der Waals surface area contributed by atoms with Gasteiger partial charge in [0.25, 0.3) is 5.91 Å². The maximum Gasteiger partial charge on any atom is 0.255 e. The second kappa shape index (κ2) is 8.41. The van der Waals surface area contributed by atoms with E-state index in [0.29, 0.717) is 5.56 Å². The standard InChI is InChI=1S/C20H25N3OS/c1-22-11-13-23(14-12-22)19-9-7-18(8-10-19)21-20(24)17-5-3-16(4-6-17)15-25-2/h3-10H,11-15H2,1-2H3,(H,21,24). The van der Waals surface area contributed by atoms with E-state index in [4.69, 9.17) is 0 Å². The lowest BCUT2D eigenvalue weighted by molar-refractivity contribution is 0.102. The molecule has 1 aliphatic heterocycles. The second-order valence-electron chi connectivity index (χ2n) is 6.42. The van der Waals surface area contributed by atoms with Gasteiger partial charge in [0.15, 0.2) is 0 Å². The van der Waals surface area contributed by atoms with E-state index in [1.165, 1.54) is 11.3 Å². The SMILES string of the molecule is CSCc1ccc(C(=O)Nc2ccc(N3CCN(C)CC3)cc2)cc1. The van der Waals surface area contributed by atoms with Crippen molar-refractivity contribution in [2.24, 2.45) is 0 Å². The molecule has 1 N–H and O–H groups in total. The summed E-state index contributed by atoms with van der Waals surface area (Å²) in [6, 6.07) is 15.9. The van der Waals surface area contributed by atoms with Crippen LogP contribution in [-0.4, -0.2) is 50.3 Å². The molecule has 4 nitrogen and oxygen atoms in total. The van der Waals surface area contributed by atoms with E-state index in [-0.39, 0.29) is 5.91 Å². The Morgan fingerprint density at radius 3 is 2.24 bits per heavy atom. The van der Waals surface area contributed by atoms with E-state index < -0.39 is 0 Å². The van der Waals surface area contributed by atoms with Crippen molar-refractivity contribution in [1.29, 1.82) is 0 Å². The summed E-state index contributed by atoms with van der Waals surface area (Å²) in [6.45, 7) is 4.27. The molecule has 1 fully saturated rings. The van der Waals surface area contributed by atoms with Crippen LogP contribution in [0.1, 0.15) is 15.9 Å². The van der Waals surface area contributed by atoms with Gasteiger partial charge in [0.05, 0.1) is 0 Å². The minimum absolute atomic E-state index is 0.0666. The van der Waals surface area contributed by atoms with Crippen LogP contribution in [0.2, 0.25) is 0 Å². The van der Waals surface area contributed by atoms with E-state index in [9.17, 15) is 4.79 Å². The molecule has 0 aromatic heterocycles. The molecule has 1 heterocycles. The van der Waals surface area contributed by atoms with Gasteiger partial charge < -0.3 is 15.1 Å². The maximum absolute atomic E-state index is 12.4. The fourth-order valence-corrected chi connectivity index (χ4v) is 3.47. The third-order valence-corrected chi connectivity index (χ3v) is 5.14. The van der Waals surface area contributed by atoms with Crippen LogP contribution in [0.25, 0.3) is 0 Å². The highest BCUT2D eigenvalue weighted by Gasteiger charge is 2.14. The van der Waals surface area contributed by atoms with Crippen molar-refractivity contribution in [2.75, 3.05) is 49.7 Å². The molecule has 2 aromatic carbocycles. The monoisotopic (exact) mass is 355 g/mol. The van der Waals surface area contributed by atoms with Gasteiger partial charge in [0.1, 0.15) is 0 Å². The Kier molecular flexibility index (Phi) is 6.00. The number of thioether (sulfide) groups is 1. The van der Waals surface area contributed by atoms with Gasteiger partial charge in [-0.25, -0.2) is 0 Å². The van der Waals surface area contributed by atoms with Gasteiger partial charge in [-0.3, -0.25) is 4.79 Å². The highest BCUT2D eigenvalue weighted by molar-refractivity contribution is 7.97. The van der Waals surface area contributed by atoms with Crippen molar-refractivity contribution in [1.82, 2.24) is 4.90 Å². The summed E-state index contributed by atoms with van der Waals surface area (Å²) < 4.78 is 0. The summed E-state index contributed by atoms with van der Waals surface area (Å²) in [5, 5.41) is 2.98. The molecule has 0 atom stereocenters. The minimum Gasteiger partial charge on any atom is -0.369 e. The van der Waals surface area contributed by atoms with E-state index in [0.717, 1.165) is 37.6 Å². The molecular weight excluding hydrogens is 330 g/mol. The predicted molar refractivity (Wildman–Crippen MR) is 108 cm³/mol. The first-order valence-electron chi connectivity index (χ1n) is 8.58. The van der Waals surface area contributed by atoms with Crippen LogP contribution in [0.15, 0.2) is 48.5 Å². The summed E-state index contributed by atoms with van der Waals surface area (Å²) in [7, 11) is 2.16. The Hall–Kier alpha value is -1.98. The van der Waals surface area contributed by atoms with Crippen molar-refractivity contribution in [3.8, 4) is 0 Å². The summed E-state index contributed by atoms with van der Waals surface area (Å²) in [6.07, 6.45) is 2.08. The Labute approximate surface area is 154 Å². The molecule has 1 aliphatic rings. The number of nitrogens with zero attached hydrogens (tertiary/aromatic N) is 2. The molecule has 132 valence electrons. The molecule has 0 bridgehead atoms. The van der Waals surface area contributed by atoms with Gasteiger partial charge in [-0.15, -0.1) is 0 Å². The average molecular weight is 356 g/mol. The largest absolute Gasteiger partial charge is 0.369 e. The normalized spacial score (nSPS) is 15.2. The number of likely N-dealkylation sites (N-methyl/N-ethyl adjacent to an activating group) is 1. The minimum atomic E-state index is -0.0666. The second-order valence-corrected chi connectivity index (χ2v) is 7.29. The highest BCUT2D eigenvalue weighted by atomic mass is 32.2. The zero-order valence-electron chi connectivity index (χ0n) is 14.9. The third kappa shape index (κ3) is 4.77. The number of rotatable bonds is 5. The first kappa shape index (κ1) is 17.8. The molecule has 3 rings (SSSR count). The molecule has 0 spiro atoms. The Morgan fingerprint density at radius 2 is 1.64 bits per heavy atom. The molecular formula is C20H25N3OS. The fraction of sp³-hybridized carbons (Fsp3) is 0.350. The molecule has 25 heavy (non-hydrogen) atoms. The van der Waals surface area contributed by atoms with Crippen LogP contribution in [0.3, 0.4) is 0 Å². The number of nitrogens with one attached hydrogen (secondary N) is 1. The van der Waals surface area contributed by atoms with E-state index in [1.54, 1.807) is 11.8 Å². The predicted octanol–water partition coefficient (Wildman–Crippen LogP) is 3.55. The lowest BCUT2D eigenvalue weighted by atomic mass is 10.1. The topological polar surface area (TPSA) is 35.6 Å². The van der Waals surface area contributed by atoms with Gasteiger partial charge >= 0.3 is 0 Å². The number of hydrogen-bond acceptors (Lipinski definition) is 4. The molecule has 0 aliphatic carbocycles. The first-order valence-corrected chi connectivity index (χ1v) is 9.98. The molecule has 0 unspecified atom stereocenters. The molecule has 2 aromatic rings. The van der Waals surface area contributed by atoms with Crippen molar-refractivity contribution < 1.29 is 4.79 Å². The van der Waals surface area contributed by atoms with Crippen LogP contribution >= 0.6 is 11.8 Å². The zero-order valence-corrected chi connectivity index (χ0v) is 15.7. The van der Waals surface area contributed by atoms with Crippen LogP contribution in [0.4, 0.5) is 11.4 Å². The van der Waals surface area contributed by atoms with Crippen LogP contribution in [-0.2, 0) is 5.75 Å². The molecule has 5 heteroatoms. The number of piperazine rings is 1. The number of carbonyl (C=O) groups is 1. The van der Waals surface area contributed by atoms with Gasteiger partial charge in [-0.05, 0) is 55.3 Å². The van der Waals surface area contributed by atoms with Gasteiger partial charge in [0, 0.05) is 48.9 Å². The number of anilines is 2. The Balaban J connectivity index is 1.60. The van der Waals surface area contributed by atoms with E-state index in [2.05, 4.69) is 40.6 Å². The van der Waals surface area contributed by atoms with Crippen LogP contribution in [0.5, 0.6) is 0 Å². The quantitative estimate of drug-likeness (QED) is 0.890.